The van der Waals surface area contributed by atoms with Crippen molar-refractivity contribution in [3.63, 3.8) is 0 Å². The number of aliphatic carboxylic acids is 1. The van der Waals surface area contributed by atoms with E-state index >= 15 is 0 Å². The number of carbonyl (C=O) groups is 3. The SMILES string of the molecule is CCOc1cccc(/C=C2\SC(=O)N(Cc3cccc(C)c3)C2=O)c1OCC(=O)O. The van der Waals surface area contributed by atoms with Gasteiger partial charge >= 0.3 is 5.97 Å². The Morgan fingerprint density at radius 1 is 1.17 bits per heavy atom. The first-order valence-electron chi connectivity index (χ1n) is 9.30. The lowest BCUT2D eigenvalue weighted by molar-refractivity contribution is -0.139. The summed E-state index contributed by atoms with van der Waals surface area (Å²) in [6.45, 7) is 3.73. The summed E-state index contributed by atoms with van der Waals surface area (Å²) in [5.41, 5.74) is 2.37. The first kappa shape index (κ1) is 21.4. The largest absolute Gasteiger partial charge is 0.490 e. The molecule has 7 nitrogen and oxygen atoms in total. The molecule has 8 heteroatoms. The van der Waals surface area contributed by atoms with Gasteiger partial charge in [-0.1, -0.05) is 42.0 Å². The lowest BCUT2D eigenvalue weighted by atomic mass is 10.1. The Kier molecular flexibility index (Phi) is 6.79. The molecule has 30 heavy (non-hydrogen) atoms. The molecule has 2 aromatic carbocycles. The third kappa shape index (κ3) is 5.01. The molecule has 1 aliphatic rings. The summed E-state index contributed by atoms with van der Waals surface area (Å²) in [5, 5.41) is 8.59. The van der Waals surface area contributed by atoms with Crippen LogP contribution < -0.4 is 9.47 Å². The topological polar surface area (TPSA) is 93.1 Å². The molecule has 0 aliphatic carbocycles. The van der Waals surface area contributed by atoms with E-state index in [-0.39, 0.29) is 22.4 Å². The Labute approximate surface area is 178 Å². The number of imide groups is 1. The van der Waals surface area contributed by atoms with E-state index in [9.17, 15) is 14.4 Å². The predicted octanol–water partition coefficient (Wildman–Crippen LogP) is 4.09. The van der Waals surface area contributed by atoms with Gasteiger partial charge in [-0.3, -0.25) is 14.5 Å². The Hall–Kier alpha value is -3.26. The normalized spacial score (nSPS) is 15.0. The second-order valence-electron chi connectivity index (χ2n) is 6.55. The fourth-order valence-electron chi connectivity index (χ4n) is 2.97. The van der Waals surface area contributed by atoms with Crippen molar-refractivity contribution in [3.8, 4) is 11.5 Å². The number of hydrogen-bond acceptors (Lipinski definition) is 6. The van der Waals surface area contributed by atoms with E-state index in [1.54, 1.807) is 25.1 Å². The van der Waals surface area contributed by atoms with E-state index in [4.69, 9.17) is 14.6 Å². The van der Waals surface area contributed by atoms with Crippen molar-refractivity contribution in [2.24, 2.45) is 0 Å². The standard InChI is InChI=1S/C22H21NO6S/c1-3-28-17-9-5-8-16(20(17)29-13-19(24)25)11-18-21(26)23(22(27)30-18)12-15-7-4-6-14(2)10-15/h4-11H,3,12-13H2,1-2H3,(H,24,25)/b18-11-. The van der Waals surface area contributed by atoms with Crippen LogP contribution in [0.3, 0.4) is 0 Å². The van der Waals surface area contributed by atoms with E-state index in [0.717, 1.165) is 22.9 Å². The molecule has 0 atom stereocenters. The number of carboxylic acids is 1. The van der Waals surface area contributed by atoms with Gasteiger partial charge < -0.3 is 14.6 Å². The van der Waals surface area contributed by atoms with Crippen molar-refractivity contribution in [1.29, 1.82) is 0 Å². The molecule has 0 unspecified atom stereocenters. The van der Waals surface area contributed by atoms with Crippen LogP contribution in [0, 0.1) is 6.92 Å². The van der Waals surface area contributed by atoms with E-state index in [1.807, 2.05) is 31.2 Å². The van der Waals surface area contributed by atoms with Gasteiger partial charge in [-0.05, 0) is 43.3 Å². The number of hydrogen-bond donors (Lipinski definition) is 1. The highest BCUT2D eigenvalue weighted by atomic mass is 32.2. The summed E-state index contributed by atoms with van der Waals surface area (Å²) in [5.74, 6) is -0.957. The zero-order valence-electron chi connectivity index (χ0n) is 16.6. The van der Waals surface area contributed by atoms with E-state index in [2.05, 4.69) is 0 Å². The number of carboxylic acid groups (broad SMARTS) is 1. The van der Waals surface area contributed by atoms with Gasteiger partial charge in [0, 0.05) is 5.56 Å². The molecule has 1 heterocycles. The number of nitrogens with zero attached hydrogens (tertiary/aromatic N) is 1. The zero-order chi connectivity index (χ0) is 21.7. The van der Waals surface area contributed by atoms with Crippen molar-refractivity contribution in [2.45, 2.75) is 20.4 Å². The molecule has 0 saturated carbocycles. The van der Waals surface area contributed by atoms with Crippen LogP contribution in [0.2, 0.25) is 0 Å². The van der Waals surface area contributed by atoms with Crippen LogP contribution in [0.4, 0.5) is 4.79 Å². The van der Waals surface area contributed by atoms with Gasteiger partial charge in [0.25, 0.3) is 11.1 Å². The highest BCUT2D eigenvalue weighted by Crippen LogP contribution is 2.38. The summed E-state index contributed by atoms with van der Waals surface area (Å²) in [6, 6.07) is 12.7. The average molecular weight is 427 g/mol. The molecule has 0 aromatic heterocycles. The van der Waals surface area contributed by atoms with E-state index < -0.39 is 18.5 Å². The molecule has 2 aromatic rings. The van der Waals surface area contributed by atoms with Crippen LogP contribution in [-0.2, 0) is 16.1 Å². The van der Waals surface area contributed by atoms with Gasteiger partial charge in [0.05, 0.1) is 18.1 Å². The first-order chi connectivity index (χ1) is 14.4. The van der Waals surface area contributed by atoms with E-state index in [0.29, 0.717) is 17.9 Å². The number of ether oxygens (including phenoxy) is 2. The molecule has 0 radical (unpaired) electrons. The van der Waals surface area contributed by atoms with Crippen LogP contribution in [0.5, 0.6) is 11.5 Å². The van der Waals surface area contributed by atoms with Gasteiger partial charge in [-0.15, -0.1) is 0 Å². The Morgan fingerprint density at radius 3 is 2.63 bits per heavy atom. The highest BCUT2D eigenvalue weighted by molar-refractivity contribution is 8.18. The van der Waals surface area contributed by atoms with Crippen molar-refractivity contribution in [3.05, 3.63) is 64.1 Å². The number of benzene rings is 2. The molecule has 1 aliphatic heterocycles. The lowest BCUT2D eigenvalue weighted by Gasteiger charge is -2.14. The Morgan fingerprint density at radius 2 is 1.93 bits per heavy atom. The monoisotopic (exact) mass is 427 g/mol. The molecule has 1 fully saturated rings. The summed E-state index contributed by atoms with van der Waals surface area (Å²) >= 11 is 0.838. The second kappa shape index (κ2) is 9.49. The third-order valence-electron chi connectivity index (χ3n) is 4.23. The maximum atomic E-state index is 12.8. The number of thioether (sulfide) groups is 1. The maximum Gasteiger partial charge on any atom is 0.341 e. The smallest absolute Gasteiger partial charge is 0.341 e. The van der Waals surface area contributed by atoms with Crippen molar-refractivity contribution >= 4 is 35.0 Å². The minimum atomic E-state index is -1.13. The molecule has 156 valence electrons. The van der Waals surface area contributed by atoms with Crippen LogP contribution in [0.25, 0.3) is 6.08 Å². The quantitative estimate of drug-likeness (QED) is 0.634. The summed E-state index contributed by atoms with van der Waals surface area (Å²) < 4.78 is 10.9. The number of amides is 2. The number of rotatable bonds is 8. The fraction of sp³-hybridized carbons (Fsp3) is 0.227. The molecular weight excluding hydrogens is 406 g/mol. The average Bonchev–Trinajstić information content (AvgIpc) is 2.95. The van der Waals surface area contributed by atoms with Gasteiger partial charge in [-0.25, -0.2) is 4.79 Å². The van der Waals surface area contributed by atoms with Gasteiger partial charge in [0.15, 0.2) is 18.1 Å². The predicted molar refractivity (Wildman–Crippen MR) is 113 cm³/mol. The minimum Gasteiger partial charge on any atom is -0.490 e. The minimum absolute atomic E-state index is 0.186. The summed E-state index contributed by atoms with van der Waals surface area (Å²) in [6.07, 6.45) is 1.53. The summed E-state index contributed by atoms with van der Waals surface area (Å²) in [7, 11) is 0. The third-order valence-corrected chi connectivity index (χ3v) is 5.14. The lowest BCUT2D eigenvalue weighted by Crippen LogP contribution is -2.27. The highest BCUT2D eigenvalue weighted by Gasteiger charge is 2.35. The molecule has 1 saturated heterocycles. The van der Waals surface area contributed by atoms with Crippen LogP contribution >= 0.6 is 11.8 Å². The number of aryl methyl sites for hydroxylation is 1. The first-order valence-corrected chi connectivity index (χ1v) is 10.1. The van der Waals surface area contributed by atoms with Crippen LogP contribution in [-0.4, -0.2) is 40.3 Å². The molecule has 0 spiro atoms. The van der Waals surface area contributed by atoms with Crippen LogP contribution in [0.15, 0.2) is 47.4 Å². The molecular formula is C22H21NO6S. The van der Waals surface area contributed by atoms with Crippen molar-refractivity contribution in [2.75, 3.05) is 13.2 Å². The number of para-hydroxylation sites is 1. The van der Waals surface area contributed by atoms with Crippen molar-refractivity contribution < 1.29 is 29.0 Å². The van der Waals surface area contributed by atoms with E-state index in [1.165, 1.54) is 11.0 Å². The van der Waals surface area contributed by atoms with Crippen molar-refractivity contribution in [1.82, 2.24) is 4.90 Å². The molecule has 0 bridgehead atoms. The maximum absolute atomic E-state index is 12.8. The van der Waals surface area contributed by atoms with Crippen LogP contribution in [0.1, 0.15) is 23.6 Å². The number of carbonyl (C=O) groups excluding carboxylic acids is 2. The Balaban J connectivity index is 1.89. The van der Waals surface area contributed by atoms with Gasteiger partial charge in [0.1, 0.15) is 0 Å². The van der Waals surface area contributed by atoms with Gasteiger partial charge in [0.2, 0.25) is 0 Å². The second-order valence-corrected chi connectivity index (χ2v) is 7.54. The zero-order valence-corrected chi connectivity index (χ0v) is 17.4. The fourth-order valence-corrected chi connectivity index (χ4v) is 3.80. The summed E-state index contributed by atoms with van der Waals surface area (Å²) in [4.78, 5) is 37.7. The molecule has 2 amide bonds. The molecule has 3 rings (SSSR count). The Bertz CT molecular complexity index is 1020. The molecule has 1 N–H and O–H groups in total. The van der Waals surface area contributed by atoms with Gasteiger partial charge in [-0.2, -0.15) is 0 Å².